The fraction of sp³-hybridized carbons (Fsp3) is 0.200. The quantitative estimate of drug-likeness (QED) is 0.646. The number of rotatable bonds is 4. The summed E-state index contributed by atoms with van der Waals surface area (Å²) in [5.74, 6) is 0. The maximum Gasteiger partial charge on any atom is 0.408 e. The molecule has 0 radical (unpaired) electrons. The van der Waals surface area contributed by atoms with E-state index in [1.54, 1.807) is 18.3 Å². The zero-order valence-corrected chi connectivity index (χ0v) is 11.9. The summed E-state index contributed by atoms with van der Waals surface area (Å²) >= 11 is 0. The minimum atomic E-state index is -4.52. The lowest BCUT2D eigenvalue weighted by Gasteiger charge is -2.21. The van der Waals surface area contributed by atoms with E-state index in [0.29, 0.717) is 5.69 Å². The van der Waals surface area contributed by atoms with Crippen LogP contribution in [0.4, 0.5) is 30.2 Å². The molecule has 5 nitrogen and oxygen atoms in total. The Morgan fingerprint density at radius 1 is 1.09 bits per heavy atom. The summed E-state index contributed by atoms with van der Waals surface area (Å²) in [7, 11) is 0. The molecule has 0 aliphatic rings. The van der Waals surface area contributed by atoms with Gasteiger partial charge in [-0.1, -0.05) is 18.2 Å². The highest BCUT2D eigenvalue weighted by Gasteiger charge is 2.38. The summed E-state index contributed by atoms with van der Waals surface area (Å²) in [6, 6.07) is 5.26. The zero-order valence-electron chi connectivity index (χ0n) is 11.9. The second-order valence-electron chi connectivity index (χ2n) is 5.19. The summed E-state index contributed by atoms with van der Waals surface area (Å²) in [5.41, 5.74) is -0.987. The first kappa shape index (κ1) is 15.1. The molecule has 3 aromatic rings. The molecule has 120 valence electrons. The Balaban J connectivity index is 1.91. The molecule has 0 unspecified atom stereocenters. The average Bonchev–Trinajstić information content (AvgIpc) is 2.92. The number of aromatic amines is 1. The minimum absolute atomic E-state index is 0.157. The standard InChI is InChI=1S/C15H12F3N3O2/c1-7(15(16,17)18)20-11-12(14(23)13(11)22)21-10-6-19-9-5-3-2-4-8(9)10/h2-7,19-21H,1H3/t7-/m0/s1. The SMILES string of the molecule is C[C@H](Nc1c(Nc2c[nH]c3ccccc23)c(=O)c1=O)C(F)(F)F. The van der Waals surface area contributed by atoms with Gasteiger partial charge in [0.2, 0.25) is 0 Å². The summed E-state index contributed by atoms with van der Waals surface area (Å²) in [6.45, 7) is 0.881. The van der Waals surface area contributed by atoms with Crippen LogP contribution in [0.15, 0.2) is 40.1 Å². The van der Waals surface area contributed by atoms with Crippen LogP contribution >= 0.6 is 0 Å². The molecule has 0 saturated heterocycles. The lowest BCUT2D eigenvalue weighted by atomic mass is 10.1. The normalized spacial score (nSPS) is 13.4. The molecular formula is C15H12F3N3O2. The minimum Gasteiger partial charge on any atom is -0.369 e. The number of hydrogen-bond acceptors (Lipinski definition) is 4. The Bertz CT molecular complexity index is 936. The number of alkyl halides is 3. The Kier molecular flexibility index (Phi) is 3.39. The molecule has 1 heterocycles. The van der Waals surface area contributed by atoms with Gasteiger partial charge >= 0.3 is 6.18 Å². The van der Waals surface area contributed by atoms with Crippen LogP contribution in [0.2, 0.25) is 0 Å². The zero-order chi connectivity index (χ0) is 16.8. The molecule has 0 aliphatic carbocycles. The molecule has 1 aromatic heterocycles. The van der Waals surface area contributed by atoms with E-state index in [2.05, 4.69) is 15.6 Å². The van der Waals surface area contributed by atoms with Gasteiger partial charge in [-0.25, -0.2) is 0 Å². The largest absolute Gasteiger partial charge is 0.408 e. The molecule has 0 saturated carbocycles. The molecule has 0 bridgehead atoms. The molecule has 2 aromatic carbocycles. The predicted octanol–water partition coefficient (Wildman–Crippen LogP) is 2.87. The van der Waals surface area contributed by atoms with Crippen LogP contribution in [-0.2, 0) is 0 Å². The Hall–Kier alpha value is -2.77. The topological polar surface area (TPSA) is 74.0 Å². The van der Waals surface area contributed by atoms with Crippen LogP contribution in [0.25, 0.3) is 10.9 Å². The van der Waals surface area contributed by atoms with E-state index >= 15 is 0 Å². The van der Waals surface area contributed by atoms with Crippen molar-refractivity contribution in [3.05, 3.63) is 50.9 Å². The maximum atomic E-state index is 12.6. The highest BCUT2D eigenvalue weighted by molar-refractivity contribution is 5.95. The van der Waals surface area contributed by atoms with Gasteiger partial charge in [-0.05, 0) is 13.0 Å². The molecule has 0 spiro atoms. The monoisotopic (exact) mass is 323 g/mol. The Morgan fingerprint density at radius 2 is 1.74 bits per heavy atom. The molecule has 0 fully saturated rings. The van der Waals surface area contributed by atoms with Crippen molar-refractivity contribution >= 4 is 28.0 Å². The van der Waals surface area contributed by atoms with Crippen LogP contribution in [0, 0.1) is 0 Å². The van der Waals surface area contributed by atoms with E-state index < -0.39 is 23.1 Å². The van der Waals surface area contributed by atoms with Crippen LogP contribution < -0.4 is 21.5 Å². The Morgan fingerprint density at radius 3 is 2.43 bits per heavy atom. The van der Waals surface area contributed by atoms with Crippen molar-refractivity contribution in [2.24, 2.45) is 0 Å². The van der Waals surface area contributed by atoms with E-state index in [4.69, 9.17) is 0 Å². The lowest BCUT2D eigenvalue weighted by molar-refractivity contribution is -0.138. The van der Waals surface area contributed by atoms with Gasteiger partial charge < -0.3 is 15.6 Å². The first-order chi connectivity index (χ1) is 10.8. The molecule has 0 aliphatic heterocycles. The molecule has 3 rings (SSSR count). The molecule has 23 heavy (non-hydrogen) atoms. The second kappa shape index (κ2) is 5.15. The van der Waals surface area contributed by atoms with Crippen LogP contribution in [0.3, 0.4) is 0 Å². The van der Waals surface area contributed by atoms with Crippen molar-refractivity contribution in [2.75, 3.05) is 10.6 Å². The van der Waals surface area contributed by atoms with E-state index in [0.717, 1.165) is 17.8 Å². The third kappa shape index (κ3) is 2.56. The van der Waals surface area contributed by atoms with E-state index in [1.165, 1.54) is 0 Å². The molecule has 3 N–H and O–H groups in total. The van der Waals surface area contributed by atoms with E-state index in [1.807, 2.05) is 12.1 Å². The summed E-state index contributed by atoms with van der Waals surface area (Å²) < 4.78 is 37.8. The number of fused-ring (bicyclic) bond motifs is 1. The number of para-hydroxylation sites is 1. The smallest absolute Gasteiger partial charge is 0.369 e. The number of aromatic nitrogens is 1. The third-order valence-corrected chi connectivity index (χ3v) is 3.61. The summed E-state index contributed by atoms with van der Waals surface area (Å²) in [6.07, 6.45) is -2.93. The van der Waals surface area contributed by atoms with E-state index in [9.17, 15) is 22.8 Å². The predicted molar refractivity (Wildman–Crippen MR) is 82.1 cm³/mol. The van der Waals surface area contributed by atoms with Crippen molar-refractivity contribution in [2.45, 2.75) is 19.1 Å². The highest BCUT2D eigenvalue weighted by Crippen LogP contribution is 2.29. The number of H-pyrrole nitrogens is 1. The van der Waals surface area contributed by atoms with Gasteiger partial charge in [0.1, 0.15) is 17.4 Å². The van der Waals surface area contributed by atoms with Gasteiger partial charge in [0.05, 0.1) is 5.69 Å². The number of anilines is 3. The Labute approximate surface area is 127 Å². The molecule has 0 amide bonds. The first-order valence-electron chi connectivity index (χ1n) is 6.78. The van der Waals surface area contributed by atoms with Crippen LogP contribution in [0.5, 0.6) is 0 Å². The van der Waals surface area contributed by atoms with Gasteiger partial charge in [-0.3, -0.25) is 9.59 Å². The number of nitrogens with one attached hydrogen (secondary N) is 3. The fourth-order valence-corrected chi connectivity index (χ4v) is 2.26. The highest BCUT2D eigenvalue weighted by atomic mass is 19.4. The second-order valence-corrected chi connectivity index (χ2v) is 5.19. The van der Waals surface area contributed by atoms with Crippen LogP contribution in [0.1, 0.15) is 6.92 Å². The summed E-state index contributed by atoms with van der Waals surface area (Å²) in [5, 5.41) is 5.55. The van der Waals surface area contributed by atoms with Gasteiger partial charge in [0.15, 0.2) is 0 Å². The van der Waals surface area contributed by atoms with Crippen molar-refractivity contribution in [1.82, 2.24) is 4.98 Å². The van der Waals surface area contributed by atoms with Gasteiger partial charge in [-0.15, -0.1) is 0 Å². The van der Waals surface area contributed by atoms with Gasteiger partial charge in [-0.2, -0.15) is 13.2 Å². The third-order valence-electron chi connectivity index (χ3n) is 3.61. The van der Waals surface area contributed by atoms with Gasteiger partial charge in [0, 0.05) is 17.1 Å². The van der Waals surface area contributed by atoms with Gasteiger partial charge in [0.25, 0.3) is 10.9 Å². The lowest BCUT2D eigenvalue weighted by Crippen LogP contribution is -2.42. The van der Waals surface area contributed by atoms with Crippen molar-refractivity contribution in [3.8, 4) is 0 Å². The van der Waals surface area contributed by atoms with Crippen molar-refractivity contribution in [1.29, 1.82) is 0 Å². The number of benzene rings is 1. The number of hydrogen-bond donors (Lipinski definition) is 3. The van der Waals surface area contributed by atoms with E-state index in [-0.39, 0.29) is 11.4 Å². The molecular weight excluding hydrogens is 311 g/mol. The number of halogens is 3. The maximum absolute atomic E-state index is 12.6. The fourth-order valence-electron chi connectivity index (χ4n) is 2.26. The average molecular weight is 323 g/mol. The summed E-state index contributed by atoms with van der Waals surface area (Å²) in [4.78, 5) is 26.2. The first-order valence-corrected chi connectivity index (χ1v) is 6.78. The van der Waals surface area contributed by atoms with Crippen LogP contribution in [-0.4, -0.2) is 17.2 Å². The van der Waals surface area contributed by atoms with Crippen molar-refractivity contribution in [3.63, 3.8) is 0 Å². The molecule has 8 heteroatoms. The molecule has 1 atom stereocenters. The van der Waals surface area contributed by atoms with Crippen molar-refractivity contribution < 1.29 is 13.2 Å².